The predicted molar refractivity (Wildman–Crippen MR) is 115 cm³/mol. The van der Waals surface area contributed by atoms with Gasteiger partial charge in [-0.1, -0.05) is 12.1 Å². The number of nitrogens with one attached hydrogen (secondary N) is 1. The van der Waals surface area contributed by atoms with Crippen molar-refractivity contribution in [2.24, 2.45) is 0 Å². The SMILES string of the molecule is O=C(NCc1ccn2ccnc2c1)c1ccc(C2CCN(C(=O)c3ccco3)C2)cc1. The van der Waals surface area contributed by atoms with Crippen molar-refractivity contribution in [3.63, 3.8) is 0 Å². The van der Waals surface area contributed by atoms with Crippen LogP contribution in [0.5, 0.6) is 0 Å². The van der Waals surface area contributed by atoms with Crippen LogP contribution in [0.15, 0.2) is 77.8 Å². The fourth-order valence-corrected chi connectivity index (χ4v) is 4.03. The van der Waals surface area contributed by atoms with Crippen LogP contribution in [-0.4, -0.2) is 39.2 Å². The highest BCUT2D eigenvalue weighted by Crippen LogP contribution is 2.28. The molecule has 4 heterocycles. The zero-order valence-corrected chi connectivity index (χ0v) is 16.9. The second kappa shape index (κ2) is 8.10. The number of benzene rings is 1. The van der Waals surface area contributed by atoms with Crippen molar-refractivity contribution in [3.8, 4) is 0 Å². The number of imidazole rings is 1. The highest BCUT2D eigenvalue weighted by Gasteiger charge is 2.29. The molecule has 1 aliphatic heterocycles. The normalized spacial score (nSPS) is 16.0. The van der Waals surface area contributed by atoms with Crippen LogP contribution in [0.4, 0.5) is 0 Å². The lowest BCUT2D eigenvalue weighted by atomic mass is 9.97. The summed E-state index contributed by atoms with van der Waals surface area (Å²) in [6.07, 6.45) is 7.97. The molecule has 5 rings (SSSR count). The molecule has 2 amide bonds. The summed E-state index contributed by atoms with van der Waals surface area (Å²) in [5.41, 5.74) is 3.60. The number of furan rings is 1. The van der Waals surface area contributed by atoms with Gasteiger partial charge in [0.05, 0.1) is 6.26 Å². The number of likely N-dealkylation sites (tertiary alicyclic amines) is 1. The number of fused-ring (bicyclic) bond motifs is 1. The van der Waals surface area contributed by atoms with E-state index in [9.17, 15) is 9.59 Å². The van der Waals surface area contributed by atoms with E-state index >= 15 is 0 Å². The van der Waals surface area contributed by atoms with Crippen LogP contribution in [0.1, 0.15) is 44.4 Å². The number of rotatable bonds is 5. The Kier molecular flexibility index (Phi) is 5.00. The number of hydrogen-bond donors (Lipinski definition) is 1. The minimum atomic E-state index is -0.115. The van der Waals surface area contributed by atoms with Crippen molar-refractivity contribution in [3.05, 3.63) is 95.8 Å². The summed E-state index contributed by atoms with van der Waals surface area (Å²) in [6.45, 7) is 1.80. The minimum absolute atomic E-state index is 0.0722. The summed E-state index contributed by atoms with van der Waals surface area (Å²) in [7, 11) is 0. The summed E-state index contributed by atoms with van der Waals surface area (Å²) < 4.78 is 7.15. The maximum Gasteiger partial charge on any atom is 0.289 e. The van der Waals surface area contributed by atoms with Gasteiger partial charge in [-0.3, -0.25) is 9.59 Å². The van der Waals surface area contributed by atoms with E-state index in [0.717, 1.165) is 23.2 Å². The minimum Gasteiger partial charge on any atom is -0.459 e. The van der Waals surface area contributed by atoms with E-state index in [1.54, 1.807) is 18.3 Å². The number of carbonyl (C=O) groups excluding carboxylic acids is 2. The molecule has 1 saturated heterocycles. The monoisotopic (exact) mass is 414 g/mol. The van der Waals surface area contributed by atoms with Gasteiger partial charge >= 0.3 is 0 Å². The lowest BCUT2D eigenvalue weighted by Gasteiger charge is -2.15. The number of carbonyl (C=O) groups is 2. The Balaban J connectivity index is 1.18. The Morgan fingerprint density at radius 3 is 2.81 bits per heavy atom. The van der Waals surface area contributed by atoms with Gasteiger partial charge in [0, 0.05) is 49.7 Å². The second-order valence-corrected chi connectivity index (χ2v) is 7.75. The van der Waals surface area contributed by atoms with Crippen molar-refractivity contribution >= 4 is 17.5 Å². The summed E-state index contributed by atoms with van der Waals surface area (Å²) in [5, 5.41) is 2.96. The highest BCUT2D eigenvalue weighted by atomic mass is 16.3. The molecule has 0 spiro atoms. The van der Waals surface area contributed by atoms with Gasteiger partial charge in [-0.2, -0.15) is 0 Å². The van der Waals surface area contributed by atoms with Crippen LogP contribution < -0.4 is 5.32 Å². The van der Waals surface area contributed by atoms with E-state index in [0.29, 0.717) is 31.0 Å². The van der Waals surface area contributed by atoms with Crippen LogP contribution in [0.2, 0.25) is 0 Å². The predicted octanol–water partition coefficient (Wildman–Crippen LogP) is 3.49. The summed E-state index contributed by atoms with van der Waals surface area (Å²) in [5.74, 6) is 0.449. The molecule has 7 heteroatoms. The van der Waals surface area contributed by atoms with E-state index in [-0.39, 0.29) is 17.7 Å². The van der Waals surface area contributed by atoms with E-state index in [1.165, 1.54) is 6.26 Å². The molecule has 0 saturated carbocycles. The Morgan fingerprint density at radius 2 is 2.00 bits per heavy atom. The van der Waals surface area contributed by atoms with Gasteiger partial charge in [0.25, 0.3) is 11.8 Å². The van der Waals surface area contributed by atoms with Gasteiger partial charge < -0.3 is 19.0 Å². The first-order valence-corrected chi connectivity index (χ1v) is 10.3. The van der Waals surface area contributed by atoms with Gasteiger partial charge in [-0.05, 0) is 53.9 Å². The molecule has 4 aromatic rings. The Labute approximate surface area is 179 Å². The first kappa shape index (κ1) is 19.1. The molecule has 1 fully saturated rings. The quantitative estimate of drug-likeness (QED) is 0.542. The van der Waals surface area contributed by atoms with Gasteiger partial charge in [-0.25, -0.2) is 4.98 Å². The highest BCUT2D eigenvalue weighted by molar-refractivity contribution is 5.94. The zero-order valence-electron chi connectivity index (χ0n) is 16.9. The summed E-state index contributed by atoms with van der Waals surface area (Å²) >= 11 is 0. The van der Waals surface area contributed by atoms with Crippen molar-refractivity contribution in [1.82, 2.24) is 19.6 Å². The fraction of sp³-hybridized carbons (Fsp3) is 0.208. The zero-order chi connectivity index (χ0) is 21.2. The summed E-state index contributed by atoms with van der Waals surface area (Å²) in [4.78, 5) is 31.1. The van der Waals surface area contributed by atoms with Gasteiger partial charge in [-0.15, -0.1) is 0 Å². The van der Waals surface area contributed by atoms with Gasteiger partial charge in [0.15, 0.2) is 5.76 Å². The van der Waals surface area contributed by atoms with Crippen molar-refractivity contribution in [1.29, 1.82) is 0 Å². The number of amides is 2. The Bertz CT molecular complexity index is 1210. The Hall–Kier alpha value is -3.87. The first-order chi connectivity index (χ1) is 15.2. The molecule has 1 N–H and O–H groups in total. The molecule has 1 aliphatic rings. The van der Waals surface area contributed by atoms with E-state index < -0.39 is 0 Å². The van der Waals surface area contributed by atoms with E-state index in [2.05, 4.69) is 10.3 Å². The topological polar surface area (TPSA) is 79.9 Å². The maximum atomic E-state index is 12.5. The third kappa shape index (κ3) is 3.94. The molecule has 7 nitrogen and oxygen atoms in total. The molecule has 0 bridgehead atoms. The van der Waals surface area contributed by atoms with Crippen molar-refractivity contribution in [2.45, 2.75) is 18.9 Å². The van der Waals surface area contributed by atoms with E-state index in [1.807, 2.05) is 58.1 Å². The average molecular weight is 414 g/mol. The fourth-order valence-electron chi connectivity index (χ4n) is 4.03. The first-order valence-electron chi connectivity index (χ1n) is 10.3. The smallest absolute Gasteiger partial charge is 0.289 e. The lowest BCUT2D eigenvalue weighted by molar-refractivity contribution is 0.0759. The average Bonchev–Trinajstić information content (AvgIpc) is 3.58. The third-order valence-electron chi connectivity index (χ3n) is 5.77. The van der Waals surface area contributed by atoms with Crippen LogP contribution in [0.25, 0.3) is 5.65 Å². The molecule has 0 aliphatic carbocycles. The van der Waals surface area contributed by atoms with Crippen molar-refractivity contribution in [2.75, 3.05) is 13.1 Å². The van der Waals surface area contributed by atoms with Gasteiger partial charge in [0.1, 0.15) is 5.65 Å². The molecule has 1 unspecified atom stereocenters. The molecular formula is C24H22N4O3. The number of nitrogens with zero attached hydrogens (tertiary/aromatic N) is 3. The standard InChI is InChI=1S/C24H22N4O3/c29-23(26-15-17-7-10-27-12-9-25-22(27)14-17)19-5-3-18(4-6-19)20-8-11-28(16-20)24(30)21-2-1-13-31-21/h1-7,9-10,12-14,20H,8,11,15-16H2,(H,26,29). The Morgan fingerprint density at radius 1 is 1.13 bits per heavy atom. The van der Waals surface area contributed by atoms with Crippen molar-refractivity contribution < 1.29 is 14.0 Å². The number of pyridine rings is 1. The maximum absolute atomic E-state index is 12.5. The second-order valence-electron chi connectivity index (χ2n) is 7.75. The number of hydrogen-bond acceptors (Lipinski definition) is 4. The van der Waals surface area contributed by atoms with Crippen LogP contribution in [-0.2, 0) is 6.54 Å². The summed E-state index contributed by atoms with van der Waals surface area (Å²) in [6, 6.07) is 15.0. The van der Waals surface area contributed by atoms with Crippen LogP contribution in [0.3, 0.4) is 0 Å². The third-order valence-corrected chi connectivity index (χ3v) is 5.77. The molecule has 31 heavy (non-hydrogen) atoms. The largest absolute Gasteiger partial charge is 0.459 e. The molecule has 0 radical (unpaired) electrons. The van der Waals surface area contributed by atoms with Crippen LogP contribution >= 0.6 is 0 Å². The lowest BCUT2D eigenvalue weighted by Crippen LogP contribution is -2.28. The van der Waals surface area contributed by atoms with Gasteiger partial charge in [0.2, 0.25) is 0 Å². The van der Waals surface area contributed by atoms with E-state index in [4.69, 9.17) is 4.42 Å². The van der Waals surface area contributed by atoms with Crippen LogP contribution in [0, 0.1) is 0 Å². The molecule has 156 valence electrons. The molecular weight excluding hydrogens is 392 g/mol. The number of aromatic nitrogens is 2. The molecule has 3 aromatic heterocycles. The molecule has 1 aromatic carbocycles. The molecule has 1 atom stereocenters.